The molecular formula is C20H32N2O6S. The number of carbonyl (C=O) groups is 1. The van der Waals surface area contributed by atoms with Gasteiger partial charge in [0.1, 0.15) is 6.04 Å². The van der Waals surface area contributed by atoms with E-state index in [0.717, 1.165) is 6.42 Å². The molecule has 0 saturated heterocycles. The van der Waals surface area contributed by atoms with Crippen LogP contribution in [0.2, 0.25) is 0 Å². The Kier molecular flexibility index (Phi) is 8.73. The molecule has 1 heterocycles. The Morgan fingerprint density at radius 2 is 1.83 bits per heavy atom. The smallest absolute Gasteiger partial charge is 0.241 e. The van der Waals surface area contributed by atoms with Gasteiger partial charge in [0.25, 0.3) is 0 Å². The molecule has 1 amide bonds. The average Bonchev–Trinajstić information content (AvgIpc) is 2.90. The van der Waals surface area contributed by atoms with E-state index in [2.05, 4.69) is 10.0 Å². The van der Waals surface area contributed by atoms with Gasteiger partial charge >= 0.3 is 0 Å². The molecule has 9 heteroatoms. The van der Waals surface area contributed by atoms with Crippen molar-refractivity contribution in [1.82, 2.24) is 10.0 Å². The Hall–Kier alpha value is -1.84. The van der Waals surface area contributed by atoms with Crippen molar-refractivity contribution in [1.29, 1.82) is 0 Å². The minimum Gasteiger partial charge on any atom is -0.490 e. The first-order chi connectivity index (χ1) is 13.7. The summed E-state index contributed by atoms with van der Waals surface area (Å²) in [4.78, 5) is 12.6. The van der Waals surface area contributed by atoms with E-state index >= 15 is 0 Å². The number of benzene rings is 1. The highest BCUT2D eigenvalue weighted by atomic mass is 32.2. The molecule has 0 bridgehead atoms. The fraction of sp³-hybridized carbons (Fsp3) is 0.650. The maximum absolute atomic E-state index is 12.9. The van der Waals surface area contributed by atoms with E-state index in [1.165, 1.54) is 12.1 Å². The zero-order valence-electron chi connectivity index (χ0n) is 17.6. The molecule has 164 valence electrons. The van der Waals surface area contributed by atoms with E-state index in [9.17, 15) is 13.2 Å². The Balaban J connectivity index is 2.03. The number of ether oxygens (including phenoxy) is 3. The number of hydrogen-bond donors (Lipinski definition) is 2. The van der Waals surface area contributed by atoms with Gasteiger partial charge in [-0.25, -0.2) is 8.42 Å². The van der Waals surface area contributed by atoms with Crippen LogP contribution < -0.4 is 19.5 Å². The van der Waals surface area contributed by atoms with Gasteiger partial charge in [-0.15, -0.1) is 0 Å². The highest BCUT2D eigenvalue weighted by molar-refractivity contribution is 7.89. The summed E-state index contributed by atoms with van der Waals surface area (Å²) in [5, 5.41) is 2.78. The molecule has 8 nitrogen and oxygen atoms in total. The zero-order chi connectivity index (χ0) is 21.4. The summed E-state index contributed by atoms with van der Waals surface area (Å²) in [7, 11) is -3.91. The molecule has 1 aromatic rings. The summed E-state index contributed by atoms with van der Waals surface area (Å²) < 4.78 is 44.8. The van der Waals surface area contributed by atoms with Crippen LogP contribution in [0.1, 0.15) is 40.5 Å². The summed E-state index contributed by atoms with van der Waals surface area (Å²) in [5.74, 6) is 0.323. The molecule has 0 aliphatic carbocycles. The Morgan fingerprint density at radius 1 is 1.14 bits per heavy atom. The Morgan fingerprint density at radius 3 is 2.48 bits per heavy atom. The number of fused-ring (bicyclic) bond motifs is 1. The van der Waals surface area contributed by atoms with E-state index < -0.39 is 16.1 Å². The molecule has 2 N–H and O–H groups in total. The summed E-state index contributed by atoms with van der Waals surface area (Å²) in [6, 6.07) is 3.58. The van der Waals surface area contributed by atoms with Crippen molar-refractivity contribution in [2.75, 3.05) is 26.4 Å². The van der Waals surface area contributed by atoms with Crippen LogP contribution in [0.3, 0.4) is 0 Å². The predicted octanol–water partition coefficient (Wildman–Crippen LogP) is 2.08. The molecule has 1 aromatic carbocycles. The number of hydrogen-bond acceptors (Lipinski definition) is 6. The van der Waals surface area contributed by atoms with Crippen molar-refractivity contribution in [2.45, 2.75) is 57.6 Å². The minimum absolute atomic E-state index is 0.0329. The summed E-state index contributed by atoms with van der Waals surface area (Å²) >= 11 is 0. The lowest BCUT2D eigenvalue weighted by Gasteiger charge is -2.22. The van der Waals surface area contributed by atoms with Crippen LogP contribution in [-0.4, -0.2) is 52.8 Å². The first-order valence-electron chi connectivity index (χ1n) is 10.0. The molecule has 0 aromatic heterocycles. The van der Waals surface area contributed by atoms with E-state index in [4.69, 9.17) is 14.2 Å². The fourth-order valence-electron chi connectivity index (χ4n) is 2.75. The standard InChI is InChI=1S/C20H32N2O6S/c1-14(2)19(20(23)21-9-5-10-26-15(3)4)22-29(24,25)16-7-8-17-18(13-16)28-12-6-11-27-17/h7-8,13-15,19,22H,5-6,9-12H2,1-4H3,(H,21,23). The summed E-state index contributed by atoms with van der Waals surface area (Å²) in [6.07, 6.45) is 1.52. The van der Waals surface area contributed by atoms with Crippen molar-refractivity contribution >= 4 is 15.9 Å². The van der Waals surface area contributed by atoms with Crippen LogP contribution in [0.25, 0.3) is 0 Å². The third-order valence-corrected chi connectivity index (χ3v) is 5.77. The summed E-state index contributed by atoms with van der Waals surface area (Å²) in [6.45, 7) is 9.42. The van der Waals surface area contributed by atoms with Gasteiger partial charge in [-0.1, -0.05) is 13.8 Å². The van der Waals surface area contributed by atoms with Gasteiger partial charge in [-0.2, -0.15) is 4.72 Å². The van der Waals surface area contributed by atoms with Gasteiger partial charge in [0.2, 0.25) is 15.9 Å². The molecule has 2 rings (SSSR count). The van der Waals surface area contributed by atoms with Crippen molar-refractivity contribution in [3.63, 3.8) is 0 Å². The topological polar surface area (TPSA) is 103 Å². The van der Waals surface area contributed by atoms with Gasteiger partial charge < -0.3 is 19.5 Å². The quantitative estimate of drug-likeness (QED) is 0.553. The lowest BCUT2D eigenvalue weighted by molar-refractivity contribution is -0.123. The molecule has 0 fully saturated rings. The van der Waals surface area contributed by atoms with Gasteiger partial charge in [-0.05, 0) is 38.3 Å². The molecule has 1 aliphatic rings. The van der Waals surface area contributed by atoms with Crippen molar-refractivity contribution in [3.8, 4) is 11.5 Å². The largest absolute Gasteiger partial charge is 0.490 e. The molecule has 1 atom stereocenters. The number of nitrogens with one attached hydrogen (secondary N) is 2. The third-order valence-electron chi connectivity index (χ3n) is 4.33. The Labute approximate surface area is 173 Å². The summed E-state index contributed by atoms with van der Waals surface area (Å²) in [5.41, 5.74) is 0. The van der Waals surface area contributed by atoms with Crippen LogP contribution in [0.5, 0.6) is 11.5 Å². The third kappa shape index (κ3) is 7.17. The number of rotatable bonds is 10. The van der Waals surface area contributed by atoms with Gasteiger partial charge in [0.05, 0.1) is 24.2 Å². The van der Waals surface area contributed by atoms with Gasteiger partial charge in [0.15, 0.2) is 11.5 Å². The second kappa shape index (κ2) is 10.8. The van der Waals surface area contributed by atoms with Crippen molar-refractivity contribution in [3.05, 3.63) is 18.2 Å². The molecule has 0 radical (unpaired) electrons. The lowest BCUT2D eigenvalue weighted by atomic mass is 10.1. The van der Waals surface area contributed by atoms with Crippen molar-refractivity contribution < 1.29 is 27.4 Å². The molecule has 0 spiro atoms. The zero-order valence-corrected chi connectivity index (χ0v) is 18.4. The highest BCUT2D eigenvalue weighted by Crippen LogP contribution is 2.32. The van der Waals surface area contributed by atoms with Crippen LogP contribution in [0.15, 0.2) is 23.1 Å². The predicted molar refractivity (Wildman–Crippen MR) is 110 cm³/mol. The number of carbonyl (C=O) groups excluding carboxylic acids is 1. The lowest BCUT2D eigenvalue weighted by Crippen LogP contribution is -2.49. The fourth-order valence-corrected chi connectivity index (χ4v) is 4.11. The van der Waals surface area contributed by atoms with E-state index in [0.29, 0.717) is 44.3 Å². The van der Waals surface area contributed by atoms with Crippen LogP contribution in [0.4, 0.5) is 0 Å². The molecule has 0 saturated carbocycles. The monoisotopic (exact) mass is 428 g/mol. The number of sulfonamides is 1. The van der Waals surface area contributed by atoms with Crippen LogP contribution in [0, 0.1) is 5.92 Å². The van der Waals surface area contributed by atoms with Gasteiger partial charge in [0, 0.05) is 25.6 Å². The SMILES string of the molecule is CC(C)OCCCNC(=O)C(NS(=O)(=O)c1ccc2c(c1)OCCCO2)C(C)C. The normalized spacial score (nSPS) is 15.2. The molecule has 1 unspecified atom stereocenters. The second-order valence-electron chi connectivity index (χ2n) is 7.57. The Bertz CT molecular complexity index is 779. The molecule has 1 aliphatic heterocycles. The maximum Gasteiger partial charge on any atom is 0.241 e. The van der Waals surface area contributed by atoms with E-state index in [1.54, 1.807) is 19.9 Å². The molecule has 29 heavy (non-hydrogen) atoms. The first kappa shape index (κ1) is 23.4. The average molecular weight is 429 g/mol. The second-order valence-corrected chi connectivity index (χ2v) is 9.28. The van der Waals surface area contributed by atoms with Gasteiger partial charge in [-0.3, -0.25) is 4.79 Å². The van der Waals surface area contributed by atoms with E-state index in [1.807, 2.05) is 13.8 Å². The number of amides is 1. The minimum atomic E-state index is -3.91. The maximum atomic E-state index is 12.9. The van der Waals surface area contributed by atoms with Crippen molar-refractivity contribution in [2.24, 2.45) is 5.92 Å². The van der Waals surface area contributed by atoms with Crippen LogP contribution in [-0.2, 0) is 19.6 Å². The highest BCUT2D eigenvalue weighted by Gasteiger charge is 2.29. The molecular weight excluding hydrogens is 396 g/mol. The first-order valence-corrected chi connectivity index (χ1v) is 11.5. The van der Waals surface area contributed by atoms with Crippen LogP contribution >= 0.6 is 0 Å². The van der Waals surface area contributed by atoms with E-state index in [-0.39, 0.29) is 22.8 Å².